The molecule has 0 aromatic rings. The molecule has 0 spiro atoms. The van der Waals surface area contributed by atoms with Crippen molar-refractivity contribution in [3.05, 3.63) is 24.3 Å². The van der Waals surface area contributed by atoms with Gasteiger partial charge in [-0.2, -0.15) is 0 Å². The molecular weight excluding hydrogens is 791 g/mol. The van der Waals surface area contributed by atoms with Crippen LogP contribution in [0.3, 0.4) is 0 Å². The Balaban J connectivity index is 1.89. The highest BCUT2D eigenvalue weighted by atomic mass is 16.7. The zero-order valence-corrected chi connectivity index (χ0v) is 41.1. The standard InChI is InChI=1S/C54H103NO8/c1-3-5-7-8-9-10-11-12-13-14-15-16-17-18-19-20-21-22-23-24-25-26-27-28-29-30-31-32-33-34-35-36-37-38-39-40-42-44-50(58)55-47(48(57)43-41-6-4-2)46-62-54-53(61)52(60)51(59)49(45-56)63-54/h14-15,41,43,47-49,51-54,56-57,59-61H,3-13,16-40,42,44-46H2,1-2H3,(H,55,58)/b15-14-,43-41+. The van der Waals surface area contributed by atoms with E-state index >= 15 is 0 Å². The summed E-state index contributed by atoms with van der Waals surface area (Å²) in [6, 6.07) is -0.797. The van der Waals surface area contributed by atoms with Crippen molar-refractivity contribution < 1.29 is 39.8 Å². The van der Waals surface area contributed by atoms with Gasteiger partial charge >= 0.3 is 0 Å². The molecule has 1 fully saturated rings. The van der Waals surface area contributed by atoms with Crippen LogP contribution in [-0.2, 0) is 14.3 Å². The molecule has 7 unspecified atom stereocenters. The first-order valence-electron chi connectivity index (χ1n) is 27.1. The molecule has 0 aliphatic carbocycles. The smallest absolute Gasteiger partial charge is 0.220 e. The van der Waals surface area contributed by atoms with Crippen molar-refractivity contribution in [1.82, 2.24) is 5.32 Å². The number of amides is 1. The molecule has 1 aliphatic rings. The summed E-state index contributed by atoms with van der Waals surface area (Å²) in [6.07, 6.45) is 49.6. The number of unbranched alkanes of at least 4 members (excludes halogenated alkanes) is 34. The van der Waals surface area contributed by atoms with Crippen molar-refractivity contribution in [2.24, 2.45) is 0 Å². The van der Waals surface area contributed by atoms with Crippen LogP contribution in [0.25, 0.3) is 0 Å². The molecule has 7 atom stereocenters. The number of rotatable bonds is 46. The molecule has 1 amide bonds. The summed E-state index contributed by atoms with van der Waals surface area (Å²) in [6.45, 7) is 3.57. The van der Waals surface area contributed by atoms with E-state index in [0.717, 1.165) is 32.1 Å². The quantitative estimate of drug-likeness (QED) is 0.0261. The van der Waals surface area contributed by atoms with Gasteiger partial charge in [-0.1, -0.05) is 237 Å². The second kappa shape index (κ2) is 44.5. The van der Waals surface area contributed by atoms with Crippen LogP contribution in [0.2, 0.25) is 0 Å². The van der Waals surface area contributed by atoms with E-state index in [-0.39, 0.29) is 12.5 Å². The minimum Gasteiger partial charge on any atom is -0.394 e. The molecule has 6 N–H and O–H groups in total. The van der Waals surface area contributed by atoms with Crippen LogP contribution in [0.1, 0.15) is 258 Å². The van der Waals surface area contributed by atoms with Crippen molar-refractivity contribution in [2.45, 2.75) is 301 Å². The summed E-state index contributed by atoms with van der Waals surface area (Å²) in [5, 5.41) is 53.5. The Morgan fingerprint density at radius 1 is 0.524 bits per heavy atom. The number of carbonyl (C=O) groups excluding carboxylic acids is 1. The van der Waals surface area contributed by atoms with Crippen LogP contribution in [0, 0.1) is 0 Å². The third-order valence-electron chi connectivity index (χ3n) is 13.0. The lowest BCUT2D eigenvalue weighted by Gasteiger charge is -2.40. The molecule has 1 aliphatic heterocycles. The molecular formula is C54H103NO8. The van der Waals surface area contributed by atoms with Crippen LogP contribution in [0.4, 0.5) is 0 Å². The van der Waals surface area contributed by atoms with Gasteiger partial charge < -0.3 is 40.3 Å². The number of allylic oxidation sites excluding steroid dienone is 3. The van der Waals surface area contributed by atoms with Crippen molar-refractivity contribution in [3.63, 3.8) is 0 Å². The summed E-state index contributed by atoms with van der Waals surface area (Å²) < 4.78 is 11.1. The molecule has 1 heterocycles. The largest absolute Gasteiger partial charge is 0.394 e. The summed E-state index contributed by atoms with van der Waals surface area (Å²) in [5.74, 6) is -0.185. The second-order valence-electron chi connectivity index (χ2n) is 19.0. The average molecular weight is 894 g/mol. The third-order valence-corrected chi connectivity index (χ3v) is 13.0. The zero-order chi connectivity index (χ0) is 45.9. The van der Waals surface area contributed by atoms with Gasteiger partial charge in [0.2, 0.25) is 5.91 Å². The molecule has 1 saturated heterocycles. The van der Waals surface area contributed by atoms with E-state index in [1.54, 1.807) is 6.08 Å². The number of aliphatic hydroxyl groups is 5. The maximum absolute atomic E-state index is 12.8. The Labute approximate surface area is 388 Å². The Bertz CT molecular complexity index is 1040. The summed E-state index contributed by atoms with van der Waals surface area (Å²) >= 11 is 0. The maximum atomic E-state index is 12.8. The lowest BCUT2D eigenvalue weighted by molar-refractivity contribution is -0.302. The van der Waals surface area contributed by atoms with Gasteiger partial charge in [-0.25, -0.2) is 0 Å². The van der Waals surface area contributed by atoms with Crippen molar-refractivity contribution >= 4 is 5.91 Å². The third kappa shape index (κ3) is 34.6. The molecule has 9 nitrogen and oxygen atoms in total. The van der Waals surface area contributed by atoms with Gasteiger partial charge in [0, 0.05) is 6.42 Å². The number of hydrogen-bond acceptors (Lipinski definition) is 8. The van der Waals surface area contributed by atoms with E-state index in [0.29, 0.717) is 6.42 Å². The van der Waals surface area contributed by atoms with Crippen LogP contribution in [0.5, 0.6) is 0 Å². The van der Waals surface area contributed by atoms with Gasteiger partial charge in [0.15, 0.2) is 6.29 Å². The van der Waals surface area contributed by atoms with Crippen LogP contribution in [-0.4, -0.2) is 87.5 Å². The minimum absolute atomic E-state index is 0.185. The lowest BCUT2D eigenvalue weighted by atomic mass is 9.99. The first kappa shape index (κ1) is 59.7. The molecule has 0 aromatic carbocycles. The van der Waals surface area contributed by atoms with Gasteiger partial charge in [0.05, 0.1) is 25.4 Å². The fourth-order valence-electron chi connectivity index (χ4n) is 8.69. The Morgan fingerprint density at radius 3 is 1.32 bits per heavy atom. The number of ether oxygens (including phenoxy) is 2. The van der Waals surface area contributed by atoms with Gasteiger partial charge in [-0.05, 0) is 38.5 Å². The Kier molecular flexibility index (Phi) is 42.2. The Morgan fingerprint density at radius 2 is 0.921 bits per heavy atom. The summed E-state index contributed by atoms with van der Waals surface area (Å²) in [5.41, 5.74) is 0. The highest BCUT2D eigenvalue weighted by Gasteiger charge is 2.44. The maximum Gasteiger partial charge on any atom is 0.220 e. The molecule has 0 radical (unpaired) electrons. The van der Waals surface area contributed by atoms with Crippen LogP contribution < -0.4 is 5.32 Å². The average Bonchev–Trinajstić information content (AvgIpc) is 3.28. The van der Waals surface area contributed by atoms with E-state index < -0.39 is 49.5 Å². The number of carbonyl (C=O) groups is 1. The predicted octanol–water partition coefficient (Wildman–Crippen LogP) is 12.6. The molecule has 0 saturated carbocycles. The number of nitrogens with one attached hydrogen (secondary N) is 1. The van der Waals surface area contributed by atoms with Gasteiger partial charge in [-0.3, -0.25) is 4.79 Å². The topological polar surface area (TPSA) is 149 Å². The van der Waals surface area contributed by atoms with Gasteiger partial charge in [-0.15, -0.1) is 0 Å². The summed E-state index contributed by atoms with van der Waals surface area (Å²) in [4.78, 5) is 12.8. The molecule has 1 rings (SSSR count). The predicted molar refractivity (Wildman–Crippen MR) is 263 cm³/mol. The van der Waals surface area contributed by atoms with E-state index in [1.165, 1.54) is 205 Å². The number of aliphatic hydroxyl groups excluding tert-OH is 5. The Hall–Kier alpha value is -1.33. The van der Waals surface area contributed by atoms with Gasteiger partial charge in [0.1, 0.15) is 24.4 Å². The molecule has 0 aromatic heterocycles. The lowest BCUT2D eigenvalue weighted by Crippen LogP contribution is -2.60. The molecule has 9 heteroatoms. The van der Waals surface area contributed by atoms with Crippen molar-refractivity contribution in [3.8, 4) is 0 Å². The van der Waals surface area contributed by atoms with Crippen molar-refractivity contribution in [1.29, 1.82) is 0 Å². The van der Waals surface area contributed by atoms with E-state index in [1.807, 2.05) is 13.0 Å². The van der Waals surface area contributed by atoms with Gasteiger partial charge in [0.25, 0.3) is 0 Å². The molecule has 63 heavy (non-hydrogen) atoms. The first-order valence-corrected chi connectivity index (χ1v) is 27.1. The highest BCUT2D eigenvalue weighted by Crippen LogP contribution is 2.23. The van der Waals surface area contributed by atoms with E-state index in [2.05, 4.69) is 24.4 Å². The fourth-order valence-corrected chi connectivity index (χ4v) is 8.69. The monoisotopic (exact) mass is 894 g/mol. The minimum atomic E-state index is -1.56. The molecule has 0 bridgehead atoms. The fraction of sp³-hybridized carbons (Fsp3) is 0.907. The zero-order valence-electron chi connectivity index (χ0n) is 41.1. The first-order chi connectivity index (χ1) is 30.8. The normalized spacial score (nSPS) is 20.3. The van der Waals surface area contributed by atoms with Crippen LogP contribution in [0.15, 0.2) is 24.3 Å². The van der Waals surface area contributed by atoms with E-state index in [9.17, 15) is 30.3 Å². The summed E-state index contributed by atoms with van der Waals surface area (Å²) in [7, 11) is 0. The number of hydrogen-bond donors (Lipinski definition) is 6. The van der Waals surface area contributed by atoms with Crippen LogP contribution >= 0.6 is 0 Å². The second-order valence-corrected chi connectivity index (χ2v) is 19.0. The SMILES string of the molecule is CCC/C=C/C(O)C(COC1OC(CO)C(O)C(O)C1O)NC(=O)CCCCCCCCCCCCCCCCCCCCCCCCCCC/C=C\CCCCCCCCCC. The highest BCUT2D eigenvalue weighted by molar-refractivity contribution is 5.76. The molecule has 372 valence electrons. The van der Waals surface area contributed by atoms with Crippen molar-refractivity contribution in [2.75, 3.05) is 13.2 Å². The van der Waals surface area contributed by atoms with E-state index in [4.69, 9.17) is 9.47 Å².